The van der Waals surface area contributed by atoms with E-state index in [0.717, 1.165) is 17.3 Å². The van der Waals surface area contributed by atoms with Gasteiger partial charge < -0.3 is 0 Å². The van der Waals surface area contributed by atoms with Gasteiger partial charge >= 0.3 is 0 Å². The molecule has 3 rings (SSSR count). The fourth-order valence-corrected chi connectivity index (χ4v) is 2.61. The summed E-state index contributed by atoms with van der Waals surface area (Å²) >= 11 is 0. The normalized spacial score (nSPS) is 60.8. The van der Waals surface area contributed by atoms with Crippen molar-refractivity contribution in [2.45, 2.75) is 33.1 Å². The monoisotopic (exact) mass is 110 g/mol. The Labute approximate surface area is 51.3 Å². The summed E-state index contributed by atoms with van der Waals surface area (Å²) in [6, 6.07) is 0. The van der Waals surface area contributed by atoms with Crippen molar-refractivity contribution in [2.75, 3.05) is 0 Å². The molecule has 3 aliphatic carbocycles. The van der Waals surface area contributed by atoms with E-state index in [2.05, 4.69) is 13.8 Å². The van der Waals surface area contributed by atoms with E-state index in [-0.39, 0.29) is 0 Å². The van der Waals surface area contributed by atoms with E-state index >= 15 is 0 Å². The topological polar surface area (TPSA) is 0 Å². The van der Waals surface area contributed by atoms with Gasteiger partial charge in [0.1, 0.15) is 0 Å². The molecule has 3 saturated carbocycles. The van der Waals surface area contributed by atoms with Gasteiger partial charge in [0, 0.05) is 0 Å². The van der Waals surface area contributed by atoms with E-state index in [0.29, 0.717) is 0 Å². The average Bonchev–Trinajstić information content (AvgIpc) is 1.90. The molecule has 0 aromatic rings. The highest BCUT2D eigenvalue weighted by atomic mass is 14.6. The zero-order valence-corrected chi connectivity index (χ0v) is 5.78. The number of fused-ring (bicyclic) bond motifs is 1. The first-order chi connectivity index (χ1) is 3.71. The van der Waals surface area contributed by atoms with Crippen LogP contribution < -0.4 is 0 Å². The van der Waals surface area contributed by atoms with Gasteiger partial charge in [0.15, 0.2) is 0 Å². The third-order valence-electron chi connectivity index (χ3n) is 3.39. The van der Waals surface area contributed by atoms with Gasteiger partial charge in [-0.2, -0.15) is 0 Å². The van der Waals surface area contributed by atoms with Gasteiger partial charge in [0.2, 0.25) is 0 Å². The molecule has 1 atom stereocenters. The third-order valence-corrected chi connectivity index (χ3v) is 3.39. The summed E-state index contributed by atoms with van der Waals surface area (Å²) in [5, 5.41) is 0. The highest BCUT2D eigenvalue weighted by Crippen LogP contribution is 2.61. The van der Waals surface area contributed by atoms with Crippen molar-refractivity contribution in [1.82, 2.24) is 0 Å². The first-order valence-corrected chi connectivity index (χ1v) is 3.71. The lowest BCUT2D eigenvalue weighted by Crippen LogP contribution is -2.26. The molecule has 0 spiro atoms. The van der Waals surface area contributed by atoms with Crippen LogP contribution >= 0.6 is 0 Å². The Hall–Kier alpha value is 0. The van der Waals surface area contributed by atoms with Gasteiger partial charge in [-0.25, -0.2) is 0 Å². The minimum atomic E-state index is 0.796. The Balaban J connectivity index is 2.21. The average molecular weight is 110 g/mol. The van der Waals surface area contributed by atoms with E-state index in [1.165, 1.54) is 19.3 Å². The summed E-state index contributed by atoms with van der Waals surface area (Å²) in [5.41, 5.74) is 0.796. The summed E-state index contributed by atoms with van der Waals surface area (Å²) in [4.78, 5) is 0. The fraction of sp³-hybridized carbons (Fsp3) is 1.00. The maximum Gasteiger partial charge on any atom is -0.0295 e. The molecule has 0 saturated heterocycles. The van der Waals surface area contributed by atoms with Crippen LogP contribution in [0, 0.1) is 17.3 Å². The van der Waals surface area contributed by atoms with Gasteiger partial charge in [-0.15, -0.1) is 0 Å². The summed E-state index contributed by atoms with van der Waals surface area (Å²) in [5.74, 6) is 2.17. The maximum absolute atomic E-state index is 2.45. The predicted octanol–water partition coefficient (Wildman–Crippen LogP) is 2.44. The minimum absolute atomic E-state index is 0.796. The highest BCUT2D eigenvalue weighted by molar-refractivity contribution is 5.01. The van der Waals surface area contributed by atoms with Crippen LogP contribution in [0.3, 0.4) is 0 Å². The van der Waals surface area contributed by atoms with E-state index in [1.54, 1.807) is 0 Å². The molecule has 0 radical (unpaired) electrons. The van der Waals surface area contributed by atoms with Crippen LogP contribution in [0.4, 0.5) is 0 Å². The van der Waals surface area contributed by atoms with Crippen molar-refractivity contribution < 1.29 is 0 Å². The summed E-state index contributed by atoms with van der Waals surface area (Å²) < 4.78 is 0. The van der Waals surface area contributed by atoms with Crippen LogP contribution in [0.2, 0.25) is 0 Å². The van der Waals surface area contributed by atoms with Gasteiger partial charge in [-0.05, 0) is 36.5 Å². The maximum atomic E-state index is 2.45. The molecule has 0 amide bonds. The molecule has 0 nitrogen and oxygen atoms in total. The molecule has 0 aromatic carbocycles. The summed E-state index contributed by atoms with van der Waals surface area (Å²) in [7, 11) is 0. The molecular formula is C8H14. The molecule has 0 N–H and O–H groups in total. The highest BCUT2D eigenvalue weighted by Gasteiger charge is 2.51. The van der Waals surface area contributed by atoms with Gasteiger partial charge in [0.05, 0.1) is 0 Å². The molecule has 3 fully saturated rings. The molecule has 3 aliphatic rings. The van der Waals surface area contributed by atoms with E-state index in [1.807, 2.05) is 0 Å². The third kappa shape index (κ3) is 0.375. The van der Waals surface area contributed by atoms with Crippen LogP contribution in [-0.2, 0) is 0 Å². The molecular weight excluding hydrogens is 96.1 g/mol. The van der Waals surface area contributed by atoms with Crippen LogP contribution in [0.1, 0.15) is 33.1 Å². The Morgan fingerprint density at radius 3 is 2.12 bits per heavy atom. The Morgan fingerprint density at radius 1 is 1.38 bits per heavy atom. The second-order valence-corrected chi connectivity index (χ2v) is 4.07. The quantitative estimate of drug-likeness (QED) is 0.449. The molecule has 8 heavy (non-hydrogen) atoms. The standard InChI is InChI=1S/C8H14/c1-6-3-7-4-8(6,2)5-7/h6-7H,3-5H2,1-2H3. The first-order valence-electron chi connectivity index (χ1n) is 3.71. The second kappa shape index (κ2) is 1.12. The van der Waals surface area contributed by atoms with E-state index in [4.69, 9.17) is 0 Å². The largest absolute Gasteiger partial charge is 0.0620 e. The Morgan fingerprint density at radius 2 is 2.00 bits per heavy atom. The molecule has 0 heteroatoms. The zero-order chi connectivity index (χ0) is 5.78. The number of rotatable bonds is 0. The number of hydrogen-bond acceptors (Lipinski definition) is 0. The first kappa shape index (κ1) is 4.84. The van der Waals surface area contributed by atoms with Gasteiger partial charge in [-0.1, -0.05) is 13.8 Å². The van der Waals surface area contributed by atoms with Crippen LogP contribution in [0.5, 0.6) is 0 Å². The molecule has 0 aliphatic heterocycles. The molecule has 46 valence electrons. The van der Waals surface area contributed by atoms with Crippen molar-refractivity contribution in [3.8, 4) is 0 Å². The van der Waals surface area contributed by atoms with Crippen molar-refractivity contribution in [1.29, 1.82) is 0 Å². The Kier molecular flexibility index (Phi) is 0.678. The van der Waals surface area contributed by atoms with Crippen molar-refractivity contribution >= 4 is 0 Å². The minimum Gasteiger partial charge on any atom is -0.0620 e. The Bertz CT molecular complexity index is 106. The lowest BCUT2D eigenvalue weighted by molar-refractivity contribution is 0.138. The van der Waals surface area contributed by atoms with Crippen LogP contribution in [0.25, 0.3) is 0 Å². The molecule has 1 unspecified atom stereocenters. The van der Waals surface area contributed by atoms with E-state index < -0.39 is 0 Å². The van der Waals surface area contributed by atoms with Gasteiger partial charge in [0.25, 0.3) is 0 Å². The zero-order valence-electron chi connectivity index (χ0n) is 5.78. The van der Waals surface area contributed by atoms with Gasteiger partial charge in [-0.3, -0.25) is 0 Å². The van der Waals surface area contributed by atoms with Crippen molar-refractivity contribution in [3.05, 3.63) is 0 Å². The lowest BCUT2D eigenvalue weighted by Gasteiger charge is -2.36. The van der Waals surface area contributed by atoms with Crippen LogP contribution in [-0.4, -0.2) is 0 Å². The fourth-order valence-electron chi connectivity index (χ4n) is 2.61. The smallest absolute Gasteiger partial charge is 0.0295 e. The summed E-state index contributed by atoms with van der Waals surface area (Å²) in [6.07, 6.45) is 4.60. The van der Waals surface area contributed by atoms with Crippen LogP contribution in [0.15, 0.2) is 0 Å². The SMILES string of the molecule is CC1CC2CC1(C)C2. The predicted molar refractivity (Wildman–Crippen MR) is 34.6 cm³/mol. The van der Waals surface area contributed by atoms with E-state index in [9.17, 15) is 0 Å². The van der Waals surface area contributed by atoms with Crippen molar-refractivity contribution in [3.63, 3.8) is 0 Å². The lowest BCUT2D eigenvalue weighted by atomic mass is 9.69. The van der Waals surface area contributed by atoms with Crippen molar-refractivity contribution in [2.24, 2.45) is 17.3 Å². The molecule has 0 aromatic heterocycles. The molecule has 2 bridgehead atoms. The number of hydrogen-bond donors (Lipinski definition) is 0. The molecule has 0 heterocycles. The second-order valence-electron chi connectivity index (χ2n) is 4.07. The summed E-state index contributed by atoms with van der Waals surface area (Å²) in [6.45, 7) is 4.86.